The fourth-order valence-corrected chi connectivity index (χ4v) is 0.946. The Morgan fingerprint density at radius 1 is 1.55 bits per heavy atom. The van der Waals surface area contributed by atoms with Crippen LogP contribution in [0.2, 0.25) is 0 Å². The average molecular weight is 151 g/mol. The number of rotatable bonds is 2. The van der Waals surface area contributed by atoms with E-state index in [1.165, 1.54) is 0 Å². The zero-order valence-corrected chi connectivity index (χ0v) is 7.18. The van der Waals surface area contributed by atoms with Gasteiger partial charge in [0.15, 0.2) is 0 Å². The molecule has 1 N–H and O–H groups in total. The van der Waals surface area contributed by atoms with Gasteiger partial charge in [-0.3, -0.25) is 4.98 Å². The number of hydrogen-bond acceptors (Lipinski definition) is 3. The smallest absolute Gasteiger partial charge is 0.147 e. The fraction of sp³-hybridized carbons (Fsp3) is 0.500. The second-order valence-electron chi connectivity index (χ2n) is 2.40. The van der Waals surface area contributed by atoms with E-state index in [1.54, 1.807) is 6.20 Å². The van der Waals surface area contributed by atoms with Gasteiger partial charge >= 0.3 is 0 Å². The lowest BCUT2D eigenvalue weighted by Gasteiger charge is -2.03. The van der Waals surface area contributed by atoms with E-state index in [0.717, 1.165) is 23.6 Å². The molecule has 0 atom stereocenters. The summed E-state index contributed by atoms with van der Waals surface area (Å²) in [4.78, 5) is 8.53. The van der Waals surface area contributed by atoms with Crippen LogP contribution in [-0.4, -0.2) is 17.0 Å². The average Bonchev–Trinajstić information content (AvgIpc) is 2.04. The summed E-state index contributed by atoms with van der Waals surface area (Å²) >= 11 is 0. The van der Waals surface area contributed by atoms with Crippen LogP contribution in [0.1, 0.15) is 18.3 Å². The molecule has 0 saturated heterocycles. The summed E-state index contributed by atoms with van der Waals surface area (Å²) in [6, 6.07) is 0. The number of nitrogens with one attached hydrogen (secondary N) is 1. The molecule has 0 amide bonds. The van der Waals surface area contributed by atoms with E-state index in [2.05, 4.69) is 22.2 Å². The first-order chi connectivity index (χ1) is 5.27. The SMILES string of the molecule is CCc1cnc(NC)c(C)n1. The first-order valence-corrected chi connectivity index (χ1v) is 3.78. The van der Waals surface area contributed by atoms with Gasteiger partial charge in [-0.05, 0) is 13.3 Å². The van der Waals surface area contributed by atoms with Crippen molar-refractivity contribution in [3.05, 3.63) is 17.6 Å². The lowest BCUT2D eigenvalue weighted by atomic mass is 10.3. The Labute approximate surface area is 66.9 Å². The minimum atomic E-state index is 0.863. The highest BCUT2D eigenvalue weighted by Crippen LogP contribution is 2.07. The van der Waals surface area contributed by atoms with Crippen LogP contribution in [0, 0.1) is 6.92 Å². The zero-order valence-electron chi connectivity index (χ0n) is 7.18. The van der Waals surface area contributed by atoms with Gasteiger partial charge in [-0.15, -0.1) is 0 Å². The molecule has 0 aliphatic rings. The molecule has 60 valence electrons. The molecule has 0 aromatic carbocycles. The predicted octanol–water partition coefficient (Wildman–Crippen LogP) is 1.39. The van der Waals surface area contributed by atoms with Gasteiger partial charge in [0, 0.05) is 7.05 Å². The molecule has 0 spiro atoms. The van der Waals surface area contributed by atoms with Crippen LogP contribution in [-0.2, 0) is 6.42 Å². The summed E-state index contributed by atoms with van der Waals surface area (Å²) in [5, 5.41) is 2.97. The molecule has 0 aliphatic carbocycles. The third-order valence-electron chi connectivity index (χ3n) is 1.60. The standard InChI is InChI=1S/C8H13N3/c1-4-7-5-10-8(9-3)6(2)11-7/h5H,4H2,1-3H3,(H,9,10). The third kappa shape index (κ3) is 1.67. The third-order valence-corrected chi connectivity index (χ3v) is 1.60. The highest BCUT2D eigenvalue weighted by Gasteiger charge is 1.98. The Hall–Kier alpha value is -1.12. The topological polar surface area (TPSA) is 37.8 Å². The summed E-state index contributed by atoms with van der Waals surface area (Å²) in [5.41, 5.74) is 2.01. The van der Waals surface area contributed by atoms with Crippen molar-refractivity contribution in [3.63, 3.8) is 0 Å². The zero-order chi connectivity index (χ0) is 8.27. The van der Waals surface area contributed by atoms with E-state index >= 15 is 0 Å². The van der Waals surface area contributed by atoms with Crippen LogP contribution in [0.15, 0.2) is 6.20 Å². The first-order valence-electron chi connectivity index (χ1n) is 3.78. The van der Waals surface area contributed by atoms with E-state index in [0.29, 0.717) is 0 Å². The van der Waals surface area contributed by atoms with E-state index < -0.39 is 0 Å². The molecule has 0 bridgehead atoms. The quantitative estimate of drug-likeness (QED) is 0.694. The van der Waals surface area contributed by atoms with Gasteiger partial charge in [0.2, 0.25) is 0 Å². The lowest BCUT2D eigenvalue weighted by Crippen LogP contribution is -2.00. The molecular formula is C8H13N3. The van der Waals surface area contributed by atoms with Gasteiger partial charge in [-0.2, -0.15) is 0 Å². The van der Waals surface area contributed by atoms with Crippen molar-refractivity contribution in [2.45, 2.75) is 20.3 Å². The normalized spacial score (nSPS) is 9.73. The molecule has 1 rings (SSSR count). The highest BCUT2D eigenvalue weighted by atomic mass is 15.0. The molecule has 0 radical (unpaired) electrons. The fourth-order valence-electron chi connectivity index (χ4n) is 0.946. The number of aromatic nitrogens is 2. The Bertz CT molecular complexity index is 245. The summed E-state index contributed by atoms with van der Waals surface area (Å²) in [6.07, 6.45) is 2.75. The second-order valence-corrected chi connectivity index (χ2v) is 2.40. The number of aryl methyl sites for hydroxylation is 2. The largest absolute Gasteiger partial charge is 0.372 e. The summed E-state index contributed by atoms with van der Waals surface area (Å²) in [6.45, 7) is 4.03. The van der Waals surface area contributed by atoms with E-state index in [1.807, 2.05) is 14.0 Å². The maximum Gasteiger partial charge on any atom is 0.147 e. The van der Waals surface area contributed by atoms with Gasteiger partial charge < -0.3 is 5.32 Å². The van der Waals surface area contributed by atoms with Crippen LogP contribution in [0.3, 0.4) is 0 Å². The number of nitrogens with zero attached hydrogens (tertiary/aromatic N) is 2. The first kappa shape index (κ1) is 7.98. The molecule has 1 aromatic heterocycles. The molecule has 0 saturated carbocycles. The molecule has 0 unspecified atom stereocenters. The molecule has 3 heteroatoms. The van der Waals surface area contributed by atoms with Crippen molar-refractivity contribution in [1.29, 1.82) is 0 Å². The molecule has 0 fully saturated rings. The van der Waals surface area contributed by atoms with Gasteiger partial charge in [0.1, 0.15) is 5.82 Å². The van der Waals surface area contributed by atoms with Crippen LogP contribution in [0.5, 0.6) is 0 Å². The molecule has 3 nitrogen and oxygen atoms in total. The van der Waals surface area contributed by atoms with Crippen LogP contribution < -0.4 is 5.32 Å². The van der Waals surface area contributed by atoms with E-state index in [9.17, 15) is 0 Å². The molecule has 0 aliphatic heterocycles. The molecule has 1 heterocycles. The Morgan fingerprint density at radius 2 is 2.27 bits per heavy atom. The van der Waals surface area contributed by atoms with Gasteiger partial charge in [-0.1, -0.05) is 6.92 Å². The minimum absolute atomic E-state index is 0.863. The van der Waals surface area contributed by atoms with Crippen LogP contribution in [0.25, 0.3) is 0 Å². The van der Waals surface area contributed by atoms with Crippen molar-refractivity contribution < 1.29 is 0 Å². The highest BCUT2D eigenvalue weighted by molar-refractivity contribution is 5.38. The monoisotopic (exact) mass is 151 g/mol. The van der Waals surface area contributed by atoms with Crippen molar-refractivity contribution in [2.24, 2.45) is 0 Å². The maximum absolute atomic E-state index is 4.34. The Morgan fingerprint density at radius 3 is 2.73 bits per heavy atom. The van der Waals surface area contributed by atoms with Crippen LogP contribution >= 0.6 is 0 Å². The number of anilines is 1. The molecule has 1 aromatic rings. The molecule has 11 heavy (non-hydrogen) atoms. The van der Waals surface area contributed by atoms with Crippen molar-refractivity contribution in [2.75, 3.05) is 12.4 Å². The second kappa shape index (κ2) is 3.32. The van der Waals surface area contributed by atoms with Crippen molar-refractivity contribution >= 4 is 5.82 Å². The Kier molecular flexibility index (Phi) is 2.41. The van der Waals surface area contributed by atoms with E-state index in [4.69, 9.17) is 0 Å². The summed E-state index contributed by atoms with van der Waals surface area (Å²) in [5.74, 6) is 0.863. The van der Waals surface area contributed by atoms with Gasteiger partial charge in [0.25, 0.3) is 0 Å². The molecular weight excluding hydrogens is 138 g/mol. The summed E-state index contributed by atoms with van der Waals surface area (Å²) < 4.78 is 0. The van der Waals surface area contributed by atoms with Crippen molar-refractivity contribution in [1.82, 2.24) is 9.97 Å². The van der Waals surface area contributed by atoms with Crippen LogP contribution in [0.4, 0.5) is 5.82 Å². The van der Waals surface area contributed by atoms with Gasteiger partial charge in [0.05, 0.1) is 17.6 Å². The maximum atomic E-state index is 4.34. The van der Waals surface area contributed by atoms with E-state index in [-0.39, 0.29) is 0 Å². The van der Waals surface area contributed by atoms with Gasteiger partial charge in [-0.25, -0.2) is 4.98 Å². The predicted molar refractivity (Wildman–Crippen MR) is 45.7 cm³/mol. The Balaban J connectivity index is 2.99. The van der Waals surface area contributed by atoms with Crippen molar-refractivity contribution in [3.8, 4) is 0 Å². The number of hydrogen-bond donors (Lipinski definition) is 1. The minimum Gasteiger partial charge on any atom is -0.372 e. The lowest BCUT2D eigenvalue weighted by molar-refractivity contribution is 0.969. The summed E-state index contributed by atoms with van der Waals surface area (Å²) in [7, 11) is 1.85.